The third-order valence-electron chi connectivity index (χ3n) is 2.77. The molecule has 2 atom stereocenters. The van der Waals surface area contributed by atoms with E-state index in [0.29, 0.717) is 5.25 Å². The van der Waals surface area contributed by atoms with E-state index in [1.807, 2.05) is 18.2 Å². The molecule has 15 heavy (non-hydrogen) atoms. The molecule has 1 saturated heterocycles. The number of aliphatic hydroxyl groups is 1. The van der Waals surface area contributed by atoms with Crippen molar-refractivity contribution in [3.05, 3.63) is 35.9 Å². The Morgan fingerprint density at radius 1 is 1.40 bits per heavy atom. The van der Waals surface area contributed by atoms with E-state index >= 15 is 0 Å². The highest BCUT2D eigenvalue weighted by Crippen LogP contribution is 2.23. The molecule has 2 unspecified atom stereocenters. The first-order chi connectivity index (χ1) is 7.36. The summed E-state index contributed by atoms with van der Waals surface area (Å²) in [5, 5.41) is 10.3. The minimum absolute atomic E-state index is 0.176. The molecule has 1 aliphatic heterocycles. The normalized spacial score (nSPS) is 22.9. The van der Waals surface area contributed by atoms with Crippen LogP contribution in [0.1, 0.15) is 18.4 Å². The van der Waals surface area contributed by atoms with Crippen molar-refractivity contribution in [1.29, 1.82) is 0 Å². The van der Waals surface area contributed by atoms with Gasteiger partial charge in [0.1, 0.15) is 0 Å². The van der Waals surface area contributed by atoms with Crippen molar-refractivity contribution in [2.24, 2.45) is 0 Å². The molecule has 1 fully saturated rings. The second kappa shape index (κ2) is 5.54. The molecule has 82 valence electrons. The molecule has 0 bridgehead atoms. The fraction of sp³-hybridized carbons (Fsp3) is 0.500. The van der Waals surface area contributed by atoms with Crippen molar-refractivity contribution in [2.45, 2.75) is 30.6 Å². The number of aliphatic hydroxyl groups excluding tert-OH is 1. The second-order valence-corrected chi connectivity index (χ2v) is 5.06. The first-order valence-corrected chi connectivity index (χ1v) is 6.35. The highest BCUT2D eigenvalue weighted by molar-refractivity contribution is 7.98. The van der Waals surface area contributed by atoms with E-state index in [-0.39, 0.29) is 6.10 Å². The fourth-order valence-electron chi connectivity index (χ4n) is 1.84. The molecule has 2 nitrogen and oxygen atoms in total. The summed E-state index contributed by atoms with van der Waals surface area (Å²) in [6.07, 6.45) is 2.74. The Balaban J connectivity index is 1.77. The van der Waals surface area contributed by atoms with E-state index < -0.39 is 0 Å². The van der Waals surface area contributed by atoms with Crippen LogP contribution in [0.5, 0.6) is 0 Å². The van der Waals surface area contributed by atoms with Crippen LogP contribution in [0.3, 0.4) is 0 Å². The van der Waals surface area contributed by atoms with Crippen LogP contribution in [0.15, 0.2) is 30.3 Å². The topological polar surface area (TPSA) is 32.3 Å². The quantitative estimate of drug-likeness (QED) is 0.766. The number of hydrogen-bond donors (Lipinski definition) is 2. The Labute approximate surface area is 95.2 Å². The van der Waals surface area contributed by atoms with Gasteiger partial charge in [-0.1, -0.05) is 42.3 Å². The zero-order valence-corrected chi connectivity index (χ0v) is 9.54. The Hall–Kier alpha value is -0.510. The van der Waals surface area contributed by atoms with Crippen LogP contribution in [0.2, 0.25) is 0 Å². The predicted molar refractivity (Wildman–Crippen MR) is 64.8 cm³/mol. The van der Waals surface area contributed by atoms with Gasteiger partial charge in [-0.2, -0.15) is 0 Å². The van der Waals surface area contributed by atoms with Crippen LogP contribution >= 0.6 is 11.9 Å². The number of benzene rings is 1. The largest absolute Gasteiger partial charge is 0.392 e. The van der Waals surface area contributed by atoms with E-state index in [0.717, 1.165) is 25.8 Å². The average molecular weight is 223 g/mol. The maximum Gasteiger partial charge on any atom is 0.0675 e. The minimum Gasteiger partial charge on any atom is -0.392 e. The molecule has 0 spiro atoms. The minimum atomic E-state index is -0.176. The van der Waals surface area contributed by atoms with Gasteiger partial charge in [0.05, 0.1) is 6.10 Å². The molecule has 1 heterocycles. The lowest BCUT2D eigenvalue weighted by atomic mass is 10.0. The van der Waals surface area contributed by atoms with Crippen LogP contribution in [0.25, 0.3) is 0 Å². The summed E-state index contributed by atoms with van der Waals surface area (Å²) in [4.78, 5) is 0. The van der Waals surface area contributed by atoms with Crippen molar-refractivity contribution < 1.29 is 5.11 Å². The summed E-state index contributed by atoms with van der Waals surface area (Å²) in [6, 6.07) is 10.4. The molecule has 0 aliphatic carbocycles. The Bertz CT molecular complexity index is 285. The van der Waals surface area contributed by atoms with Gasteiger partial charge >= 0.3 is 0 Å². The SMILES string of the molecule is OC(CCc1ccccc1)C1CCNS1. The van der Waals surface area contributed by atoms with Crippen LogP contribution in [0, 0.1) is 0 Å². The smallest absolute Gasteiger partial charge is 0.0675 e. The monoisotopic (exact) mass is 223 g/mol. The summed E-state index contributed by atoms with van der Waals surface area (Å²) < 4.78 is 3.21. The van der Waals surface area contributed by atoms with Gasteiger partial charge in [0.15, 0.2) is 0 Å². The van der Waals surface area contributed by atoms with Crippen LogP contribution < -0.4 is 4.72 Å². The number of aryl methyl sites for hydroxylation is 1. The molecule has 0 radical (unpaired) electrons. The number of rotatable bonds is 4. The van der Waals surface area contributed by atoms with Gasteiger partial charge in [0.25, 0.3) is 0 Å². The van der Waals surface area contributed by atoms with Crippen molar-refractivity contribution in [2.75, 3.05) is 6.54 Å². The molecule has 1 aliphatic rings. The van der Waals surface area contributed by atoms with Gasteiger partial charge in [-0.25, -0.2) is 0 Å². The Morgan fingerprint density at radius 2 is 2.20 bits per heavy atom. The maximum absolute atomic E-state index is 9.95. The summed E-state index contributed by atoms with van der Waals surface area (Å²) >= 11 is 1.69. The lowest BCUT2D eigenvalue weighted by Gasteiger charge is -2.15. The van der Waals surface area contributed by atoms with Crippen LogP contribution in [-0.4, -0.2) is 23.0 Å². The molecule has 1 aromatic carbocycles. The lowest BCUT2D eigenvalue weighted by molar-refractivity contribution is 0.161. The first kappa shape index (κ1) is 11.0. The molecule has 0 amide bonds. The van der Waals surface area contributed by atoms with E-state index in [4.69, 9.17) is 0 Å². The standard InChI is InChI=1S/C12H17NOS/c14-11(12-8-9-13-15-12)7-6-10-4-2-1-3-5-10/h1-5,11-14H,6-9H2. The summed E-state index contributed by atoms with van der Waals surface area (Å²) in [5.74, 6) is 0. The lowest BCUT2D eigenvalue weighted by Crippen LogP contribution is -2.21. The third-order valence-corrected chi connectivity index (χ3v) is 3.99. The molecule has 0 aromatic heterocycles. The number of nitrogens with one attached hydrogen (secondary N) is 1. The summed E-state index contributed by atoms with van der Waals surface area (Å²) in [7, 11) is 0. The molecule has 2 rings (SSSR count). The number of hydrogen-bond acceptors (Lipinski definition) is 3. The molecular formula is C12H17NOS. The van der Waals surface area contributed by atoms with Gasteiger partial charge in [-0.3, -0.25) is 4.72 Å². The summed E-state index contributed by atoms with van der Waals surface area (Å²) in [6.45, 7) is 1.03. The molecule has 2 N–H and O–H groups in total. The second-order valence-electron chi connectivity index (χ2n) is 3.93. The van der Waals surface area contributed by atoms with Crippen molar-refractivity contribution in [1.82, 2.24) is 4.72 Å². The van der Waals surface area contributed by atoms with Crippen molar-refractivity contribution in [3.8, 4) is 0 Å². The van der Waals surface area contributed by atoms with Crippen molar-refractivity contribution >= 4 is 11.9 Å². The van der Waals surface area contributed by atoms with Gasteiger partial charge in [-0.15, -0.1) is 0 Å². The predicted octanol–water partition coefficient (Wildman–Crippen LogP) is 1.99. The molecule has 0 saturated carbocycles. The van der Waals surface area contributed by atoms with Gasteiger partial charge in [0, 0.05) is 11.8 Å². The van der Waals surface area contributed by atoms with Gasteiger partial charge in [-0.05, 0) is 24.8 Å². The highest BCUT2D eigenvalue weighted by atomic mass is 32.2. The first-order valence-electron chi connectivity index (χ1n) is 5.47. The Kier molecular flexibility index (Phi) is 4.06. The highest BCUT2D eigenvalue weighted by Gasteiger charge is 2.23. The Morgan fingerprint density at radius 3 is 2.87 bits per heavy atom. The average Bonchev–Trinajstić information content (AvgIpc) is 2.81. The molecule has 1 aromatic rings. The van der Waals surface area contributed by atoms with E-state index in [1.165, 1.54) is 5.56 Å². The molecular weight excluding hydrogens is 206 g/mol. The molecule has 3 heteroatoms. The van der Waals surface area contributed by atoms with Crippen LogP contribution in [0.4, 0.5) is 0 Å². The third kappa shape index (κ3) is 3.23. The zero-order valence-electron chi connectivity index (χ0n) is 8.73. The van der Waals surface area contributed by atoms with E-state index in [2.05, 4.69) is 16.9 Å². The van der Waals surface area contributed by atoms with E-state index in [9.17, 15) is 5.11 Å². The van der Waals surface area contributed by atoms with Gasteiger partial charge in [0.2, 0.25) is 0 Å². The zero-order chi connectivity index (χ0) is 10.5. The van der Waals surface area contributed by atoms with Gasteiger partial charge < -0.3 is 5.11 Å². The maximum atomic E-state index is 9.95. The van der Waals surface area contributed by atoms with Crippen LogP contribution in [-0.2, 0) is 6.42 Å². The van der Waals surface area contributed by atoms with E-state index in [1.54, 1.807) is 11.9 Å². The fourth-order valence-corrected chi connectivity index (χ4v) is 2.82. The summed E-state index contributed by atoms with van der Waals surface area (Å²) in [5.41, 5.74) is 1.31. The van der Waals surface area contributed by atoms with Crippen molar-refractivity contribution in [3.63, 3.8) is 0 Å².